The monoisotopic (exact) mass is 712 g/mol. The molecule has 1 heterocycles. The summed E-state index contributed by atoms with van der Waals surface area (Å²) in [5, 5.41) is 10.1. The third-order valence-corrected chi connectivity index (χ3v) is 11.3. The summed E-state index contributed by atoms with van der Waals surface area (Å²) < 4.78 is 2.46. The minimum atomic E-state index is 1.10. The highest BCUT2D eigenvalue weighted by molar-refractivity contribution is 6.30. The van der Waals surface area contributed by atoms with E-state index in [2.05, 4.69) is 228 Å². The Morgan fingerprint density at radius 2 is 0.839 bits per heavy atom. The number of benzene rings is 10. The lowest BCUT2D eigenvalue weighted by atomic mass is 9.94. The van der Waals surface area contributed by atoms with Crippen molar-refractivity contribution < 1.29 is 0 Å². The van der Waals surface area contributed by atoms with Crippen LogP contribution >= 0.6 is 0 Å². The van der Waals surface area contributed by atoms with Crippen LogP contribution in [-0.4, -0.2) is 4.57 Å². The van der Waals surface area contributed by atoms with E-state index in [1.807, 2.05) is 0 Å². The summed E-state index contributed by atoms with van der Waals surface area (Å²) in [6, 6.07) is 79.4. The molecule has 0 saturated heterocycles. The van der Waals surface area contributed by atoms with Crippen molar-refractivity contribution in [2.24, 2.45) is 0 Å². The zero-order valence-electron chi connectivity index (χ0n) is 30.7. The van der Waals surface area contributed by atoms with Crippen LogP contribution in [0.25, 0.3) is 82.1 Å². The minimum absolute atomic E-state index is 1.10. The molecular weight excluding hydrogens is 677 g/mol. The van der Waals surface area contributed by atoms with Crippen LogP contribution in [0.1, 0.15) is 0 Å². The Hall–Kier alpha value is -7.42. The molecule has 262 valence electrons. The molecule has 2 heteroatoms. The van der Waals surface area contributed by atoms with E-state index in [-0.39, 0.29) is 0 Å². The fourth-order valence-corrected chi connectivity index (χ4v) is 8.72. The largest absolute Gasteiger partial charge is 0.311 e. The molecule has 0 N–H and O–H groups in total. The molecule has 0 aliphatic rings. The van der Waals surface area contributed by atoms with Crippen LogP contribution in [0.3, 0.4) is 0 Å². The van der Waals surface area contributed by atoms with Crippen LogP contribution in [0.2, 0.25) is 0 Å². The lowest BCUT2D eigenvalue weighted by molar-refractivity contribution is 1.17. The van der Waals surface area contributed by atoms with E-state index >= 15 is 0 Å². The second kappa shape index (κ2) is 13.2. The number of hydrogen-bond donors (Lipinski definition) is 0. The number of hydrogen-bond acceptors (Lipinski definition) is 1. The first-order valence-corrected chi connectivity index (χ1v) is 19.3. The zero-order valence-corrected chi connectivity index (χ0v) is 30.7. The maximum atomic E-state index is 2.46. The zero-order chi connectivity index (χ0) is 37.0. The lowest BCUT2D eigenvalue weighted by Gasteiger charge is -2.26. The smallest absolute Gasteiger partial charge is 0.0553 e. The molecule has 0 amide bonds. The number of anilines is 3. The van der Waals surface area contributed by atoms with Gasteiger partial charge in [0.25, 0.3) is 0 Å². The molecule has 2 nitrogen and oxygen atoms in total. The molecule has 0 unspecified atom stereocenters. The summed E-state index contributed by atoms with van der Waals surface area (Å²) in [6.45, 7) is 0. The van der Waals surface area contributed by atoms with E-state index in [0.29, 0.717) is 0 Å². The molecule has 0 aliphatic carbocycles. The quantitative estimate of drug-likeness (QED) is 0.167. The summed E-state index contributed by atoms with van der Waals surface area (Å²) in [6.07, 6.45) is 0. The van der Waals surface area contributed by atoms with E-state index in [0.717, 1.165) is 22.7 Å². The van der Waals surface area contributed by atoms with Gasteiger partial charge in [-0.05, 0) is 121 Å². The topological polar surface area (TPSA) is 8.17 Å². The van der Waals surface area contributed by atoms with Crippen molar-refractivity contribution in [3.63, 3.8) is 0 Å². The summed E-state index contributed by atoms with van der Waals surface area (Å²) in [5.41, 5.74) is 11.7. The molecule has 0 aliphatic heterocycles. The van der Waals surface area contributed by atoms with E-state index in [1.165, 1.54) is 76.4 Å². The molecule has 0 fully saturated rings. The van der Waals surface area contributed by atoms with Crippen molar-refractivity contribution in [3.05, 3.63) is 218 Å². The highest BCUT2D eigenvalue weighted by Gasteiger charge is 2.20. The first-order valence-electron chi connectivity index (χ1n) is 19.3. The predicted molar refractivity (Wildman–Crippen MR) is 239 cm³/mol. The van der Waals surface area contributed by atoms with Crippen LogP contribution in [-0.2, 0) is 0 Å². The molecule has 10 aromatic carbocycles. The molecular formula is C54H36N2. The maximum Gasteiger partial charge on any atom is 0.0553 e. The van der Waals surface area contributed by atoms with Gasteiger partial charge in [-0.1, -0.05) is 152 Å². The van der Waals surface area contributed by atoms with Gasteiger partial charge in [-0.25, -0.2) is 0 Å². The lowest BCUT2D eigenvalue weighted by Crippen LogP contribution is -2.10. The van der Waals surface area contributed by atoms with E-state index in [4.69, 9.17) is 0 Å². The normalized spacial score (nSPS) is 11.6. The molecule has 0 radical (unpaired) electrons. The van der Waals surface area contributed by atoms with Gasteiger partial charge in [0.05, 0.1) is 11.0 Å². The number of aromatic nitrogens is 1. The number of rotatable bonds is 6. The number of para-hydroxylation sites is 1. The SMILES string of the molecule is c1ccc(-c2cc3c(c4ccccc24)c2c4ccccc4ccc2n3-c2ccc(N(c3ccccc3)c3ccc(-c4ccc5ccccc5c4)cc3)cc2)cc1. The molecule has 1 aromatic heterocycles. The van der Waals surface area contributed by atoms with Crippen LogP contribution in [0.5, 0.6) is 0 Å². The van der Waals surface area contributed by atoms with Crippen molar-refractivity contribution in [1.29, 1.82) is 0 Å². The van der Waals surface area contributed by atoms with Crippen molar-refractivity contribution in [1.82, 2.24) is 4.57 Å². The Kier molecular flexibility index (Phi) is 7.53. The summed E-state index contributed by atoms with van der Waals surface area (Å²) in [7, 11) is 0. The van der Waals surface area contributed by atoms with Crippen LogP contribution in [0.4, 0.5) is 17.1 Å². The fourth-order valence-electron chi connectivity index (χ4n) is 8.72. The highest BCUT2D eigenvalue weighted by atomic mass is 15.1. The van der Waals surface area contributed by atoms with Gasteiger partial charge in [-0.2, -0.15) is 0 Å². The summed E-state index contributed by atoms with van der Waals surface area (Å²) in [5.74, 6) is 0. The maximum absolute atomic E-state index is 2.46. The molecule has 11 rings (SSSR count). The summed E-state index contributed by atoms with van der Waals surface area (Å²) >= 11 is 0. The van der Waals surface area contributed by atoms with E-state index in [9.17, 15) is 0 Å². The average Bonchev–Trinajstić information content (AvgIpc) is 3.62. The highest BCUT2D eigenvalue weighted by Crippen LogP contribution is 2.44. The number of fused-ring (bicyclic) bond motifs is 8. The molecule has 0 spiro atoms. The average molecular weight is 713 g/mol. The van der Waals surface area contributed by atoms with E-state index in [1.54, 1.807) is 0 Å². The minimum Gasteiger partial charge on any atom is -0.311 e. The third kappa shape index (κ3) is 5.26. The van der Waals surface area contributed by atoms with Crippen molar-refractivity contribution in [2.75, 3.05) is 4.90 Å². The second-order valence-electron chi connectivity index (χ2n) is 14.5. The van der Waals surface area contributed by atoms with Gasteiger partial charge in [0, 0.05) is 33.5 Å². The Bertz CT molecular complexity index is 3210. The first kappa shape index (κ1) is 32.0. The van der Waals surface area contributed by atoms with Gasteiger partial charge in [0.2, 0.25) is 0 Å². The van der Waals surface area contributed by atoms with Gasteiger partial charge in [-0.15, -0.1) is 0 Å². The molecule has 0 saturated carbocycles. The Labute approximate surface area is 325 Å². The standard InChI is InChI=1S/C54H36N2/c1-3-14-39(15-4-1)50-36-52-54(49-22-12-11-21-48(49)50)53-47-20-10-9-16-40(47)27-34-51(53)56(52)46-32-30-45(31-33-46)55(43-18-5-2-6-19-43)44-28-25-38(26-29-44)42-24-23-37-13-7-8-17-41(37)35-42/h1-36H. The predicted octanol–water partition coefficient (Wildman–Crippen LogP) is 15.0. The molecule has 0 bridgehead atoms. The van der Waals surface area contributed by atoms with Crippen molar-refractivity contribution in [2.45, 2.75) is 0 Å². The third-order valence-electron chi connectivity index (χ3n) is 11.3. The van der Waals surface area contributed by atoms with Gasteiger partial charge < -0.3 is 9.47 Å². The molecule has 11 aromatic rings. The van der Waals surface area contributed by atoms with Crippen molar-refractivity contribution in [3.8, 4) is 27.9 Å². The van der Waals surface area contributed by atoms with Crippen molar-refractivity contribution >= 4 is 71.2 Å². The van der Waals surface area contributed by atoms with Gasteiger partial charge >= 0.3 is 0 Å². The Balaban J connectivity index is 1.08. The van der Waals surface area contributed by atoms with Gasteiger partial charge in [0.15, 0.2) is 0 Å². The number of nitrogens with zero attached hydrogens (tertiary/aromatic N) is 2. The molecule has 56 heavy (non-hydrogen) atoms. The second-order valence-corrected chi connectivity index (χ2v) is 14.5. The van der Waals surface area contributed by atoms with Crippen LogP contribution in [0, 0.1) is 0 Å². The summed E-state index contributed by atoms with van der Waals surface area (Å²) in [4.78, 5) is 2.34. The Morgan fingerprint density at radius 1 is 0.304 bits per heavy atom. The van der Waals surface area contributed by atoms with Crippen LogP contribution in [0.15, 0.2) is 218 Å². The van der Waals surface area contributed by atoms with Crippen LogP contribution < -0.4 is 4.90 Å². The first-order chi connectivity index (χ1) is 27.8. The van der Waals surface area contributed by atoms with Gasteiger partial charge in [0.1, 0.15) is 0 Å². The molecule has 0 atom stereocenters. The van der Waals surface area contributed by atoms with Gasteiger partial charge in [-0.3, -0.25) is 0 Å². The fraction of sp³-hybridized carbons (Fsp3) is 0. The Morgan fingerprint density at radius 3 is 1.59 bits per heavy atom. The van der Waals surface area contributed by atoms with E-state index < -0.39 is 0 Å².